The van der Waals surface area contributed by atoms with E-state index in [-0.39, 0.29) is 0 Å². The van der Waals surface area contributed by atoms with Crippen LogP contribution in [-0.2, 0) is 14.3 Å². The van der Waals surface area contributed by atoms with Crippen LogP contribution in [0.15, 0.2) is 0 Å². The second kappa shape index (κ2) is 10.8. The van der Waals surface area contributed by atoms with Crippen LogP contribution < -0.4 is 0 Å². The smallest absolute Gasteiger partial charge is 0.345 e. The summed E-state index contributed by atoms with van der Waals surface area (Å²) in [6.45, 7) is 4.01. The van der Waals surface area contributed by atoms with E-state index in [1.807, 2.05) is 6.92 Å². The van der Waals surface area contributed by atoms with E-state index in [4.69, 9.17) is 9.84 Å². The molecule has 0 aromatic carbocycles. The third kappa shape index (κ3) is 8.59. The van der Waals surface area contributed by atoms with E-state index >= 15 is 0 Å². The molecule has 2 atom stereocenters. The number of ether oxygens (including phenoxy) is 1. The SMILES string of the molecule is CCCCCCC(O)C(=O)OC(CCCC)C(=O)O. The molecule has 0 aromatic rings. The van der Waals surface area contributed by atoms with Gasteiger partial charge in [-0.1, -0.05) is 46.0 Å². The van der Waals surface area contributed by atoms with Crippen molar-refractivity contribution in [2.45, 2.75) is 77.4 Å². The zero-order valence-electron chi connectivity index (χ0n) is 11.9. The molecule has 0 radical (unpaired) electrons. The molecule has 2 N–H and O–H groups in total. The fraction of sp³-hybridized carbons (Fsp3) is 0.857. The molecule has 0 saturated heterocycles. The fourth-order valence-corrected chi connectivity index (χ4v) is 1.72. The van der Waals surface area contributed by atoms with Crippen LogP contribution in [0.25, 0.3) is 0 Å². The number of aliphatic hydroxyl groups is 1. The summed E-state index contributed by atoms with van der Waals surface area (Å²) in [5, 5.41) is 18.5. The largest absolute Gasteiger partial charge is 0.479 e. The lowest BCUT2D eigenvalue weighted by molar-refractivity contribution is -0.170. The number of aliphatic carboxylic acids is 1. The van der Waals surface area contributed by atoms with Gasteiger partial charge in [0.2, 0.25) is 0 Å². The van der Waals surface area contributed by atoms with Crippen LogP contribution >= 0.6 is 0 Å². The monoisotopic (exact) mass is 274 g/mol. The normalized spacial score (nSPS) is 13.8. The Labute approximate surface area is 115 Å². The Hall–Kier alpha value is -1.10. The minimum absolute atomic E-state index is 0.292. The van der Waals surface area contributed by atoms with E-state index in [0.29, 0.717) is 19.3 Å². The van der Waals surface area contributed by atoms with Crippen molar-refractivity contribution in [3.63, 3.8) is 0 Å². The van der Waals surface area contributed by atoms with Crippen molar-refractivity contribution >= 4 is 11.9 Å². The first kappa shape index (κ1) is 17.9. The highest BCUT2D eigenvalue weighted by atomic mass is 16.6. The van der Waals surface area contributed by atoms with Crippen molar-refractivity contribution in [3.8, 4) is 0 Å². The lowest BCUT2D eigenvalue weighted by Crippen LogP contribution is -2.32. The average Bonchev–Trinajstić information content (AvgIpc) is 2.38. The number of hydrogen-bond donors (Lipinski definition) is 2. The van der Waals surface area contributed by atoms with Gasteiger partial charge < -0.3 is 14.9 Å². The molecule has 0 aliphatic heterocycles. The maximum absolute atomic E-state index is 11.5. The van der Waals surface area contributed by atoms with Gasteiger partial charge in [0.05, 0.1) is 0 Å². The van der Waals surface area contributed by atoms with Crippen molar-refractivity contribution in [1.29, 1.82) is 0 Å². The lowest BCUT2D eigenvalue weighted by atomic mass is 10.1. The number of esters is 1. The Bertz CT molecular complexity index is 265. The number of rotatable bonds is 11. The molecule has 0 spiro atoms. The summed E-state index contributed by atoms with van der Waals surface area (Å²) >= 11 is 0. The molecule has 112 valence electrons. The van der Waals surface area contributed by atoms with Gasteiger partial charge in [0.25, 0.3) is 0 Å². The predicted octanol–water partition coefficient (Wildman–Crippen LogP) is 2.50. The quantitative estimate of drug-likeness (QED) is 0.447. The Morgan fingerprint density at radius 1 is 1.00 bits per heavy atom. The summed E-state index contributed by atoms with van der Waals surface area (Å²) in [7, 11) is 0. The van der Waals surface area contributed by atoms with Gasteiger partial charge in [0.15, 0.2) is 12.2 Å². The van der Waals surface area contributed by atoms with Gasteiger partial charge in [0, 0.05) is 0 Å². The predicted molar refractivity (Wildman–Crippen MR) is 71.8 cm³/mol. The summed E-state index contributed by atoms with van der Waals surface area (Å²) in [4.78, 5) is 22.5. The highest BCUT2D eigenvalue weighted by Gasteiger charge is 2.25. The van der Waals surface area contributed by atoms with Crippen LogP contribution in [0, 0.1) is 0 Å². The Balaban J connectivity index is 4.05. The van der Waals surface area contributed by atoms with E-state index in [0.717, 1.165) is 32.1 Å². The molecule has 0 aromatic heterocycles. The molecule has 0 amide bonds. The van der Waals surface area contributed by atoms with E-state index in [9.17, 15) is 14.7 Å². The molecule has 5 nitrogen and oxygen atoms in total. The zero-order chi connectivity index (χ0) is 14.7. The molecule has 2 unspecified atom stereocenters. The topological polar surface area (TPSA) is 83.8 Å². The summed E-state index contributed by atoms with van der Waals surface area (Å²) in [5.41, 5.74) is 0. The zero-order valence-corrected chi connectivity index (χ0v) is 11.9. The van der Waals surface area contributed by atoms with Gasteiger partial charge in [-0.15, -0.1) is 0 Å². The first-order valence-corrected chi connectivity index (χ1v) is 7.14. The minimum Gasteiger partial charge on any atom is -0.479 e. The van der Waals surface area contributed by atoms with Crippen LogP contribution in [0.5, 0.6) is 0 Å². The second-order valence-electron chi connectivity index (χ2n) is 4.77. The lowest BCUT2D eigenvalue weighted by Gasteiger charge is -2.16. The van der Waals surface area contributed by atoms with Crippen molar-refractivity contribution in [2.75, 3.05) is 0 Å². The number of unbranched alkanes of at least 4 members (excludes halogenated alkanes) is 4. The first-order chi connectivity index (χ1) is 9.02. The molecule has 0 aliphatic rings. The maximum Gasteiger partial charge on any atom is 0.345 e. The van der Waals surface area contributed by atoms with Crippen molar-refractivity contribution in [3.05, 3.63) is 0 Å². The summed E-state index contributed by atoms with van der Waals surface area (Å²) < 4.78 is 4.84. The van der Waals surface area contributed by atoms with Crippen molar-refractivity contribution in [2.24, 2.45) is 0 Å². The third-order valence-corrected chi connectivity index (χ3v) is 2.96. The molecule has 0 aliphatic carbocycles. The summed E-state index contributed by atoms with van der Waals surface area (Å²) in [5.74, 6) is -1.97. The molecular weight excluding hydrogens is 248 g/mol. The summed E-state index contributed by atoms with van der Waals surface area (Å²) in [6, 6.07) is 0. The highest BCUT2D eigenvalue weighted by Crippen LogP contribution is 2.10. The van der Waals surface area contributed by atoms with E-state index in [2.05, 4.69) is 6.92 Å². The minimum atomic E-state index is -1.21. The molecule has 5 heteroatoms. The van der Waals surface area contributed by atoms with Crippen LogP contribution in [0.3, 0.4) is 0 Å². The van der Waals surface area contributed by atoms with Gasteiger partial charge in [0.1, 0.15) is 0 Å². The fourth-order valence-electron chi connectivity index (χ4n) is 1.72. The Morgan fingerprint density at radius 2 is 1.63 bits per heavy atom. The van der Waals surface area contributed by atoms with Crippen molar-refractivity contribution in [1.82, 2.24) is 0 Å². The van der Waals surface area contributed by atoms with Gasteiger partial charge >= 0.3 is 11.9 Å². The number of carboxylic acids is 1. The number of aliphatic hydroxyl groups excluding tert-OH is 1. The Morgan fingerprint density at radius 3 is 2.16 bits per heavy atom. The Kier molecular flexibility index (Phi) is 10.2. The number of hydrogen-bond acceptors (Lipinski definition) is 4. The van der Waals surface area contributed by atoms with Crippen LogP contribution in [0.4, 0.5) is 0 Å². The summed E-state index contributed by atoms with van der Waals surface area (Å²) in [6.07, 6.45) is 3.64. The maximum atomic E-state index is 11.5. The van der Waals surface area contributed by atoms with Crippen LogP contribution in [0.1, 0.15) is 65.2 Å². The number of carbonyl (C=O) groups is 2. The van der Waals surface area contributed by atoms with Crippen LogP contribution in [0.2, 0.25) is 0 Å². The van der Waals surface area contributed by atoms with E-state index in [1.165, 1.54) is 0 Å². The molecular formula is C14H26O5. The standard InChI is InChI=1S/C14H26O5/c1-3-5-7-8-9-11(15)14(18)19-12(13(16)17)10-6-4-2/h11-12,15H,3-10H2,1-2H3,(H,16,17). The van der Waals surface area contributed by atoms with Gasteiger partial charge in [-0.25, -0.2) is 9.59 Å². The molecule has 0 fully saturated rings. The van der Waals surface area contributed by atoms with E-state index < -0.39 is 24.1 Å². The molecule has 0 bridgehead atoms. The van der Waals surface area contributed by atoms with Crippen molar-refractivity contribution < 1.29 is 24.5 Å². The van der Waals surface area contributed by atoms with Crippen LogP contribution in [-0.4, -0.2) is 34.4 Å². The average molecular weight is 274 g/mol. The molecule has 0 rings (SSSR count). The molecule has 0 heterocycles. The number of carbonyl (C=O) groups excluding carboxylic acids is 1. The first-order valence-electron chi connectivity index (χ1n) is 7.14. The third-order valence-electron chi connectivity index (χ3n) is 2.96. The number of carboxylic acid groups (broad SMARTS) is 1. The van der Waals surface area contributed by atoms with Gasteiger partial charge in [-0.3, -0.25) is 0 Å². The van der Waals surface area contributed by atoms with Gasteiger partial charge in [-0.2, -0.15) is 0 Å². The molecule has 19 heavy (non-hydrogen) atoms. The van der Waals surface area contributed by atoms with E-state index in [1.54, 1.807) is 0 Å². The van der Waals surface area contributed by atoms with Gasteiger partial charge in [-0.05, 0) is 19.3 Å². The highest BCUT2D eigenvalue weighted by molar-refractivity contribution is 5.80. The molecule has 0 saturated carbocycles. The second-order valence-corrected chi connectivity index (χ2v) is 4.77.